The van der Waals surface area contributed by atoms with E-state index in [1.807, 2.05) is 0 Å². The lowest BCUT2D eigenvalue weighted by Crippen LogP contribution is -2.19. The molecule has 142 valence electrons. The molecule has 0 saturated heterocycles. The van der Waals surface area contributed by atoms with E-state index in [4.69, 9.17) is 9.47 Å². The van der Waals surface area contributed by atoms with Crippen LogP contribution >= 0.6 is 0 Å². The monoisotopic (exact) mass is 385 g/mol. The molecule has 0 aliphatic carbocycles. The van der Waals surface area contributed by atoms with Gasteiger partial charge in [-0.25, -0.2) is 23.5 Å². The summed E-state index contributed by atoms with van der Waals surface area (Å²) in [6, 6.07) is 10.1. The molecule has 0 bridgehead atoms. The first-order valence-electron chi connectivity index (χ1n) is 7.97. The lowest BCUT2D eigenvalue weighted by atomic mass is 10.2. The van der Waals surface area contributed by atoms with Crippen LogP contribution < -0.4 is 14.8 Å². The van der Waals surface area contributed by atoms with Gasteiger partial charge in [-0.15, -0.1) is 0 Å². The molecular formula is C19H13F2N3O4. The minimum atomic E-state index is -0.728. The SMILES string of the molecule is O=C(COc1ncc(C(=O)Nc2ccc(F)cc2)cn1)Oc1ccc(F)cc1. The lowest BCUT2D eigenvalue weighted by Gasteiger charge is -2.07. The highest BCUT2D eigenvalue weighted by Gasteiger charge is 2.11. The van der Waals surface area contributed by atoms with E-state index in [1.54, 1.807) is 0 Å². The minimum absolute atomic E-state index is 0.130. The molecule has 0 fully saturated rings. The van der Waals surface area contributed by atoms with Crippen LogP contribution in [-0.4, -0.2) is 28.5 Å². The fourth-order valence-electron chi connectivity index (χ4n) is 2.03. The van der Waals surface area contributed by atoms with E-state index >= 15 is 0 Å². The van der Waals surface area contributed by atoms with Gasteiger partial charge in [-0.05, 0) is 48.5 Å². The predicted octanol–water partition coefficient (Wildman–Crippen LogP) is 2.99. The Hall–Kier alpha value is -3.88. The molecule has 0 aliphatic rings. The Morgan fingerprint density at radius 2 is 1.46 bits per heavy atom. The zero-order valence-electron chi connectivity index (χ0n) is 14.3. The van der Waals surface area contributed by atoms with Crippen LogP contribution in [0.3, 0.4) is 0 Å². The van der Waals surface area contributed by atoms with Crippen LogP contribution in [0.15, 0.2) is 60.9 Å². The van der Waals surface area contributed by atoms with Gasteiger partial charge in [0, 0.05) is 18.1 Å². The van der Waals surface area contributed by atoms with Gasteiger partial charge in [0.25, 0.3) is 5.91 Å². The number of nitrogens with one attached hydrogen (secondary N) is 1. The highest BCUT2D eigenvalue weighted by Crippen LogP contribution is 2.12. The topological polar surface area (TPSA) is 90.4 Å². The second-order valence-corrected chi connectivity index (χ2v) is 5.43. The summed E-state index contributed by atoms with van der Waals surface area (Å²) in [5, 5.41) is 2.56. The number of amides is 1. The maximum absolute atomic E-state index is 12.9. The third-order valence-electron chi connectivity index (χ3n) is 3.36. The van der Waals surface area contributed by atoms with Gasteiger partial charge in [0.15, 0.2) is 6.61 Å². The molecule has 7 nitrogen and oxygen atoms in total. The van der Waals surface area contributed by atoms with Gasteiger partial charge < -0.3 is 14.8 Å². The second kappa shape index (κ2) is 8.67. The third kappa shape index (κ3) is 5.31. The van der Waals surface area contributed by atoms with Crippen molar-refractivity contribution in [3.05, 3.63) is 78.1 Å². The number of rotatable bonds is 6. The zero-order valence-corrected chi connectivity index (χ0v) is 14.3. The van der Waals surface area contributed by atoms with Crippen molar-refractivity contribution in [2.75, 3.05) is 11.9 Å². The summed E-state index contributed by atoms with van der Waals surface area (Å²) in [5.74, 6) is -1.92. The molecule has 3 rings (SSSR count). The number of carbonyl (C=O) groups excluding carboxylic acids is 2. The average Bonchev–Trinajstić information content (AvgIpc) is 2.70. The summed E-state index contributed by atoms with van der Waals surface area (Å²) < 4.78 is 35.7. The Bertz CT molecular complexity index is 962. The van der Waals surface area contributed by atoms with Crippen molar-refractivity contribution >= 4 is 17.6 Å². The number of esters is 1. The van der Waals surface area contributed by atoms with Gasteiger partial charge in [0.05, 0.1) is 5.56 Å². The van der Waals surface area contributed by atoms with E-state index in [9.17, 15) is 18.4 Å². The largest absolute Gasteiger partial charge is 0.451 e. The van der Waals surface area contributed by atoms with E-state index in [1.165, 1.54) is 48.8 Å². The van der Waals surface area contributed by atoms with Crippen LogP contribution in [0.5, 0.6) is 11.8 Å². The van der Waals surface area contributed by atoms with Crippen molar-refractivity contribution in [2.45, 2.75) is 0 Å². The number of aromatic nitrogens is 2. The Kier molecular flexibility index (Phi) is 5.85. The predicted molar refractivity (Wildman–Crippen MR) is 93.9 cm³/mol. The first-order valence-corrected chi connectivity index (χ1v) is 7.97. The lowest BCUT2D eigenvalue weighted by molar-refractivity contribution is -0.136. The van der Waals surface area contributed by atoms with Crippen molar-refractivity contribution in [2.24, 2.45) is 0 Å². The Balaban J connectivity index is 1.50. The fourth-order valence-corrected chi connectivity index (χ4v) is 2.03. The summed E-state index contributed by atoms with van der Waals surface area (Å²) in [5.41, 5.74) is 0.556. The maximum Gasteiger partial charge on any atom is 0.349 e. The highest BCUT2D eigenvalue weighted by atomic mass is 19.1. The molecule has 1 N–H and O–H groups in total. The molecule has 0 saturated carbocycles. The van der Waals surface area contributed by atoms with E-state index in [2.05, 4.69) is 15.3 Å². The number of carbonyl (C=O) groups is 2. The van der Waals surface area contributed by atoms with Gasteiger partial charge in [-0.1, -0.05) is 0 Å². The van der Waals surface area contributed by atoms with Crippen LogP contribution in [0, 0.1) is 11.6 Å². The molecule has 0 atom stereocenters. The quantitative estimate of drug-likeness (QED) is 0.518. The third-order valence-corrected chi connectivity index (χ3v) is 3.36. The smallest absolute Gasteiger partial charge is 0.349 e. The van der Waals surface area contributed by atoms with E-state index in [0.717, 1.165) is 12.1 Å². The van der Waals surface area contributed by atoms with Gasteiger partial charge in [-0.2, -0.15) is 0 Å². The molecule has 0 aliphatic heterocycles. The Morgan fingerprint density at radius 3 is 2.07 bits per heavy atom. The van der Waals surface area contributed by atoms with Gasteiger partial charge in [0.2, 0.25) is 0 Å². The normalized spacial score (nSPS) is 10.2. The van der Waals surface area contributed by atoms with Crippen LogP contribution in [0.1, 0.15) is 10.4 Å². The summed E-state index contributed by atoms with van der Waals surface area (Å²) in [6.45, 7) is -0.474. The number of hydrogen-bond acceptors (Lipinski definition) is 6. The van der Waals surface area contributed by atoms with E-state index in [-0.39, 0.29) is 17.3 Å². The number of hydrogen-bond donors (Lipinski definition) is 1. The number of anilines is 1. The minimum Gasteiger partial charge on any atom is -0.451 e. The fraction of sp³-hybridized carbons (Fsp3) is 0.0526. The standard InChI is InChI=1S/C19H13F2N3O4/c20-13-1-5-15(6-2-13)24-18(26)12-9-22-19(23-10-12)27-11-17(25)28-16-7-3-14(21)4-8-16/h1-10H,11H2,(H,24,26). The molecule has 1 heterocycles. The van der Waals surface area contributed by atoms with Crippen molar-refractivity contribution < 1.29 is 27.8 Å². The van der Waals surface area contributed by atoms with Gasteiger partial charge >= 0.3 is 12.0 Å². The Labute approximate surface area is 158 Å². The van der Waals surface area contributed by atoms with Crippen LogP contribution in [0.2, 0.25) is 0 Å². The van der Waals surface area contributed by atoms with E-state index in [0.29, 0.717) is 5.69 Å². The molecule has 1 amide bonds. The molecule has 3 aromatic rings. The van der Waals surface area contributed by atoms with Crippen molar-refractivity contribution in [3.8, 4) is 11.8 Å². The summed E-state index contributed by atoms with van der Waals surface area (Å²) in [4.78, 5) is 31.4. The van der Waals surface area contributed by atoms with Crippen LogP contribution in [0.25, 0.3) is 0 Å². The van der Waals surface area contributed by atoms with Crippen molar-refractivity contribution in [1.29, 1.82) is 0 Å². The molecule has 1 aromatic heterocycles. The first-order chi connectivity index (χ1) is 13.5. The number of nitrogens with zero attached hydrogens (tertiary/aromatic N) is 2. The zero-order chi connectivity index (χ0) is 19.9. The molecule has 28 heavy (non-hydrogen) atoms. The van der Waals surface area contributed by atoms with E-state index < -0.39 is 30.1 Å². The second-order valence-electron chi connectivity index (χ2n) is 5.43. The molecule has 2 aromatic carbocycles. The van der Waals surface area contributed by atoms with Gasteiger partial charge in [0.1, 0.15) is 17.4 Å². The highest BCUT2D eigenvalue weighted by molar-refractivity contribution is 6.03. The first kappa shape index (κ1) is 18.9. The van der Waals surface area contributed by atoms with Crippen LogP contribution in [0.4, 0.5) is 14.5 Å². The molecular weight excluding hydrogens is 372 g/mol. The van der Waals surface area contributed by atoms with Crippen LogP contribution in [-0.2, 0) is 4.79 Å². The summed E-state index contributed by atoms with van der Waals surface area (Å²) in [7, 11) is 0. The van der Waals surface area contributed by atoms with Gasteiger partial charge in [-0.3, -0.25) is 4.79 Å². The van der Waals surface area contributed by atoms with Crippen molar-refractivity contribution in [3.63, 3.8) is 0 Å². The Morgan fingerprint density at radius 1 is 0.893 bits per heavy atom. The molecule has 0 radical (unpaired) electrons. The molecule has 0 spiro atoms. The number of halogens is 2. The number of ether oxygens (including phenoxy) is 2. The molecule has 9 heteroatoms. The molecule has 0 unspecified atom stereocenters. The maximum atomic E-state index is 12.9. The summed E-state index contributed by atoms with van der Waals surface area (Å²) in [6.07, 6.45) is 2.43. The summed E-state index contributed by atoms with van der Waals surface area (Å²) >= 11 is 0. The van der Waals surface area contributed by atoms with Crippen molar-refractivity contribution in [1.82, 2.24) is 9.97 Å². The number of benzene rings is 2. The average molecular weight is 385 g/mol.